The second-order valence-electron chi connectivity index (χ2n) is 2.99. The van der Waals surface area contributed by atoms with Gasteiger partial charge in [0.2, 0.25) is 0 Å². The van der Waals surface area contributed by atoms with E-state index in [1.165, 1.54) is 0 Å². The Labute approximate surface area is 66.0 Å². The molecule has 4 heteroatoms. The van der Waals surface area contributed by atoms with Crippen LogP contribution in [-0.4, -0.2) is 28.3 Å². The maximum atomic E-state index is 10.2. The van der Waals surface area contributed by atoms with Crippen LogP contribution in [0.15, 0.2) is 0 Å². The lowest BCUT2D eigenvalue weighted by molar-refractivity contribution is -0.139. The third-order valence-electron chi connectivity index (χ3n) is 1.58. The number of hydrogen-bond acceptors (Lipinski definition) is 3. The van der Waals surface area contributed by atoms with Gasteiger partial charge in [-0.1, -0.05) is 13.8 Å². The molecule has 0 radical (unpaired) electrons. The molecule has 0 saturated heterocycles. The number of nitrogens with two attached hydrogens (primary N) is 1. The molecule has 0 fully saturated rings. The first-order valence-electron chi connectivity index (χ1n) is 3.61. The van der Waals surface area contributed by atoms with Crippen LogP contribution in [0.4, 0.5) is 0 Å². The van der Waals surface area contributed by atoms with E-state index in [1.807, 2.05) is 13.8 Å². The van der Waals surface area contributed by atoms with Gasteiger partial charge < -0.3 is 15.9 Å². The number of aliphatic hydroxyl groups excluding tert-OH is 1. The Balaban J connectivity index is 3.75. The predicted molar refractivity (Wildman–Crippen MR) is 41.1 cm³/mol. The van der Waals surface area contributed by atoms with Crippen molar-refractivity contribution in [3.05, 3.63) is 0 Å². The molecule has 0 aliphatic carbocycles. The van der Waals surface area contributed by atoms with Crippen molar-refractivity contribution in [2.24, 2.45) is 11.7 Å². The zero-order chi connectivity index (χ0) is 9.02. The monoisotopic (exact) mass is 161 g/mol. The highest BCUT2D eigenvalue weighted by Gasteiger charge is 2.18. The zero-order valence-electron chi connectivity index (χ0n) is 6.82. The molecule has 0 aromatic heterocycles. The van der Waals surface area contributed by atoms with Crippen molar-refractivity contribution in [1.82, 2.24) is 0 Å². The van der Waals surface area contributed by atoms with Gasteiger partial charge in [-0.25, -0.2) is 0 Å². The maximum absolute atomic E-state index is 10.2. The third-order valence-corrected chi connectivity index (χ3v) is 1.58. The molecular formula is C7H15NO3. The van der Waals surface area contributed by atoms with Gasteiger partial charge in [-0.15, -0.1) is 0 Å². The lowest BCUT2D eigenvalue weighted by Gasteiger charge is -2.16. The Morgan fingerprint density at radius 1 is 1.55 bits per heavy atom. The topological polar surface area (TPSA) is 83.5 Å². The van der Waals surface area contributed by atoms with E-state index in [0.717, 1.165) is 0 Å². The third kappa shape index (κ3) is 3.95. The van der Waals surface area contributed by atoms with E-state index in [4.69, 9.17) is 10.8 Å². The van der Waals surface area contributed by atoms with E-state index in [2.05, 4.69) is 0 Å². The summed E-state index contributed by atoms with van der Waals surface area (Å²) in [4.78, 5) is 10.2. The van der Waals surface area contributed by atoms with E-state index in [0.29, 0.717) is 0 Å². The molecule has 0 amide bonds. The fourth-order valence-electron chi connectivity index (χ4n) is 0.633. The molecule has 0 spiro atoms. The molecule has 0 saturated carbocycles. The normalized spacial score (nSPS) is 16.5. The van der Waals surface area contributed by atoms with Crippen LogP contribution in [0.1, 0.15) is 20.3 Å². The molecular weight excluding hydrogens is 146 g/mol. The number of hydrogen-bond donors (Lipinski definition) is 3. The van der Waals surface area contributed by atoms with Gasteiger partial charge in [-0.2, -0.15) is 0 Å². The molecule has 0 rings (SSSR count). The van der Waals surface area contributed by atoms with E-state index < -0.39 is 18.1 Å². The Hall–Kier alpha value is -0.610. The Kier molecular flexibility index (Phi) is 4.07. The van der Waals surface area contributed by atoms with Crippen molar-refractivity contribution < 1.29 is 15.0 Å². The van der Waals surface area contributed by atoms with Gasteiger partial charge in [0.1, 0.15) is 6.04 Å². The number of aliphatic carboxylic acids is 1. The number of rotatable bonds is 4. The largest absolute Gasteiger partial charge is 0.480 e. The molecule has 0 aromatic rings. The highest BCUT2D eigenvalue weighted by molar-refractivity contribution is 5.73. The summed E-state index contributed by atoms with van der Waals surface area (Å²) in [7, 11) is 0. The lowest BCUT2D eigenvalue weighted by Crippen LogP contribution is -2.35. The molecule has 66 valence electrons. The summed E-state index contributed by atoms with van der Waals surface area (Å²) in [6.45, 7) is 3.64. The first-order chi connectivity index (χ1) is 4.95. The van der Waals surface area contributed by atoms with Crippen molar-refractivity contribution in [2.75, 3.05) is 0 Å². The number of aliphatic hydroxyl groups is 1. The minimum Gasteiger partial charge on any atom is -0.480 e. The summed E-state index contributed by atoms with van der Waals surface area (Å²) >= 11 is 0. The summed E-state index contributed by atoms with van der Waals surface area (Å²) in [5.41, 5.74) is 5.20. The fourth-order valence-corrected chi connectivity index (χ4v) is 0.633. The summed E-state index contributed by atoms with van der Waals surface area (Å²) in [6, 6.07) is -0.951. The average Bonchev–Trinajstić information content (AvgIpc) is 1.87. The molecule has 0 aromatic carbocycles. The summed E-state index contributed by atoms with van der Waals surface area (Å²) in [6.07, 6.45) is -0.506. The van der Waals surface area contributed by atoms with Gasteiger partial charge in [0.05, 0.1) is 6.10 Å². The van der Waals surface area contributed by atoms with Gasteiger partial charge in [-0.3, -0.25) is 4.79 Å². The Morgan fingerprint density at radius 3 is 2.27 bits per heavy atom. The SMILES string of the molecule is CC(C)C(O)CC(N)C(=O)O. The second kappa shape index (κ2) is 4.31. The van der Waals surface area contributed by atoms with E-state index in [9.17, 15) is 9.90 Å². The van der Waals surface area contributed by atoms with Gasteiger partial charge in [0, 0.05) is 0 Å². The van der Waals surface area contributed by atoms with Crippen LogP contribution >= 0.6 is 0 Å². The molecule has 0 bridgehead atoms. The van der Waals surface area contributed by atoms with Crippen molar-refractivity contribution in [1.29, 1.82) is 0 Å². The highest BCUT2D eigenvalue weighted by atomic mass is 16.4. The lowest BCUT2D eigenvalue weighted by atomic mass is 10.0. The van der Waals surface area contributed by atoms with E-state index in [1.54, 1.807) is 0 Å². The first-order valence-corrected chi connectivity index (χ1v) is 3.61. The number of carboxylic acid groups (broad SMARTS) is 1. The molecule has 0 aliphatic heterocycles. The highest BCUT2D eigenvalue weighted by Crippen LogP contribution is 2.06. The second-order valence-corrected chi connectivity index (χ2v) is 2.99. The van der Waals surface area contributed by atoms with Crippen molar-refractivity contribution in [3.8, 4) is 0 Å². The van der Waals surface area contributed by atoms with Gasteiger partial charge in [0.25, 0.3) is 0 Å². The van der Waals surface area contributed by atoms with E-state index >= 15 is 0 Å². The van der Waals surface area contributed by atoms with Crippen molar-refractivity contribution in [2.45, 2.75) is 32.4 Å². The molecule has 4 nitrogen and oxygen atoms in total. The summed E-state index contributed by atoms with van der Waals surface area (Å²) < 4.78 is 0. The number of carboxylic acids is 1. The van der Waals surface area contributed by atoms with Crippen LogP contribution in [-0.2, 0) is 4.79 Å². The van der Waals surface area contributed by atoms with Crippen molar-refractivity contribution >= 4 is 5.97 Å². The Morgan fingerprint density at radius 2 is 2.00 bits per heavy atom. The first kappa shape index (κ1) is 10.4. The minimum atomic E-state index is -1.07. The van der Waals surface area contributed by atoms with Crippen LogP contribution < -0.4 is 5.73 Å². The van der Waals surface area contributed by atoms with Gasteiger partial charge in [0.15, 0.2) is 0 Å². The molecule has 2 unspecified atom stereocenters. The average molecular weight is 161 g/mol. The zero-order valence-corrected chi connectivity index (χ0v) is 6.82. The molecule has 2 atom stereocenters. The van der Waals surface area contributed by atoms with Gasteiger partial charge in [-0.05, 0) is 12.3 Å². The summed E-state index contributed by atoms with van der Waals surface area (Å²) in [5.74, 6) is -1.01. The van der Waals surface area contributed by atoms with Crippen molar-refractivity contribution in [3.63, 3.8) is 0 Å². The van der Waals surface area contributed by atoms with Gasteiger partial charge >= 0.3 is 5.97 Å². The summed E-state index contributed by atoms with van der Waals surface area (Å²) in [5, 5.41) is 17.6. The van der Waals surface area contributed by atoms with Crippen LogP contribution in [0.2, 0.25) is 0 Å². The van der Waals surface area contributed by atoms with Crippen LogP contribution in [0.3, 0.4) is 0 Å². The fraction of sp³-hybridized carbons (Fsp3) is 0.857. The van der Waals surface area contributed by atoms with Crippen LogP contribution in [0, 0.1) is 5.92 Å². The predicted octanol–water partition coefficient (Wildman–Crippen LogP) is -0.195. The minimum absolute atomic E-state index is 0.0559. The molecule has 4 N–H and O–H groups in total. The smallest absolute Gasteiger partial charge is 0.320 e. The standard InChI is InChI=1S/C7H15NO3/c1-4(2)6(9)3-5(8)7(10)11/h4-6,9H,3,8H2,1-2H3,(H,10,11). The van der Waals surface area contributed by atoms with Crippen LogP contribution in [0.25, 0.3) is 0 Å². The Bertz CT molecular complexity index is 136. The van der Waals surface area contributed by atoms with Crippen LogP contribution in [0.5, 0.6) is 0 Å². The van der Waals surface area contributed by atoms with E-state index in [-0.39, 0.29) is 12.3 Å². The quantitative estimate of drug-likeness (QED) is 0.533. The maximum Gasteiger partial charge on any atom is 0.320 e. The molecule has 11 heavy (non-hydrogen) atoms. The molecule has 0 heterocycles. The number of carbonyl (C=O) groups is 1. The molecule has 0 aliphatic rings.